The minimum absolute atomic E-state index is 0.0434. The van der Waals surface area contributed by atoms with Gasteiger partial charge in [-0.1, -0.05) is 26.0 Å². The van der Waals surface area contributed by atoms with E-state index < -0.39 is 0 Å². The maximum Gasteiger partial charge on any atom is 0.315 e. The lowest BCUT2D eigenvalue weighted by Gasteiger charge is -2.22. The number of nitrogens with one attached hydrogen (secondary N) is 2. The van der Waals surface area contributed by atoms with Crippen molar-refractivity contribution in [2.45, 2.75) is 45.3 Å². The monoisotopic (exact) mass is 252 g/mol. The summed E-state index contributed by atoms with van der Waals surface area (Å²) in [6, 6.07) is 0.240. The van der Waals surface area contributed by atoms with E-state index in [9.17, 15) is 4.79 Å². The van der Waals surface area contributed by atoms with Gasteiger partial charge in [-0.05, 0) is 25.2 Å². The average molecular weight is 252 g/mol. The van der Waals surface area contributed by atoms with Crippen LogP contribution < -0.4 is 10.6 Å². The molecule has 2 rings (SSSR count). The largest absolute Gasteiger partial charge is 0.378 e. The first-order valence-corrected chi connectivity index (χ1v) is 6.97. The van der Waals surface area contributed by atoms with Gasteiger partial charge in [0.1, 0.15) is 0 Å². The quantitative estimate of drug-likeness (QED) is 0.753. The van der Waals surface area contributed by atoms with Crippen molar-refractivity contribution in [3.63, 3.8) is 0 Å². The lowest BCUT2D eigenvalue weighted by atomic mass is 9.93. The molecule has 1 heterocycles. The smallest absolute Gasteiger partial charge is 0.315 e. The van der Waals surface area contributed by atoms with Crippen LogP contribution in [-0.4, -0.2) is 31.3 Å². The second kappa shape index (κ2) is 6.23. The summed E-state index contributed by atoms with van der Waals surface area (Å²) in [7, 11) is 0. The molecule has 0 saturated carbocycles. The zero-order valence-corrected chi connectivity index (χ0v) is 11.3. The molecule has 2 N–H and O–H groups in total. The summed E-state index contributed by atoms with van der Waals surface area (Å²) in [6.07, 6.45) is 7.48. The van der Waals surface area contributed by atoms with Crippen LogP contribution in [-0.2, 0) is 4.74 Å². The Balaban J connectivity index is 1.68. The fourth-order valence-electron chi connectivity index (χ4n) is 2.81. The van der Waals surface area contributed by atoms with Gasteiger partial charge < -0.3 is 15.4 Å². The second-order valence-corrected chi connectivity index (χ2v) is 5.62. The molecule has 2 atom stereocenters. The van der Waals surface area contributed by atoms with E-state index in [2.05, 4.69) is 36.6 Å². The minimum Gasteiger partial charge on any atom is -0.378 e. The Morgan fingerprint density at radius 3 is 2.78 bits per heavy atom. The zero-order valence-electron chi connectivity index (χ0n) is 11.3. The molecule has 0 unspecified atom stereocenters. The predicted octanol–water partition coefficient (Wildman–Crippen LogP) is 2.07. The highest BCUT2D eigenvalue weighted by molar-refractivity contribution is 5.74. The van der Waals surface area contributed by atoms with E-state index >= 15 is 0 Å². The van der Waals surface area contributed by atoms with E-state index in [4.69, 9.17) is 4.74 Å². The fraction of sp³-hybridized carbons (Fsp3) is 0.786. The summed E-state index contributed by atoms with van der Waals surface area (Å²) in [5.41, 5.74) is 0. The molecule has 0 aromatic heterocycles. The van der Waals surface area contributed by atoms with Crippen molar-refractivity contribution in [3.05, 3.63) is 12.2 Å². The molecular weight excluding hydrogens is 228 g/mol. The number of hydrogen-bond acceptors (Lipinski definition) is 2. The summed E-state index contributed by atoms with van der Waals surface area (Å²) in [6.45, 7) is 5.89. The standard InChI is InChI=1S/C14H24N2O2/c1-10(2)13-11(7-8-18-13)9-15-14(17)16-12-5-3-4-6-12/h3-4,10-13H,5-9H2,1-2H3,(H2,15,16,17)/t11-,13-/m1/s1. The van der Waals surface area contributed by atoms with Gasteiger partial charge >= 0.3 is 6.03 Å². The summed E-state index contributed by atoms with van der Waals surface area (Å²) in [5.74, 6) is 0.971. The highest BCUT2D eigenvalue weighted by Gasteiger charge is 2.30. The van der Waals surface area contributed by atoms with E-state index in [0.29, 0.717) is 17.9 Å². The predicted molar refractivity (Wildman–Crippen MR) is 71.4 cm³/mol. The van der Waals surface area contributed by atoms with E-state index in [1.54, 1.807) is 0 Å². The van der Waals surface area contributed by atoms with Crippen molar-refractivity contribution in [3.8, 4) is 0 Å². The maximum atomic E-state index is 11.7. The molecule has 2 amide bonds. The van der Waals surface area contributed by atoms with Crippen LogP contribution in [0.3, 0.4) is 0 Å². The first-order chi connectivity index (χ1) is 8.66. The Morgan fingerprint density at radius 2 is 2.11 bits per heavy atom. The first kappa shape index (κ1) is 13.4. The van der Waals surface area contributed by atoms with Gasteiger partial charge in [-0.2, -0.15) is 0 Å². The first-order valence-electron chi connectivity index (χ1n) is 6.97. The van der Waals surface area contributed by atoms with Gasteiger partial charge in [0.25, 0.3) is 0 Å². The number of amides is 2. The highest BCUT2D eigenvalue weighted by Crippen LogP contribution is 2.26. The third-order valence-corrected chi connectivity index (χ3v) is 3.79. The lowest BCUT2D eigenvalue weighted by Crippen LogP contribution is -2.44. The van der Waals surface area contributed by atoms with E-state index in [-0.39, 0.29) is 12.1 Å². The Morgan fingerprint density at radius 1 is 1.39 bits per heavy atom. The normalized spacial score (nSPS) is 27.9. The topological polar surface area (TPSA) is 50.4 Å². The number of carbonyl (C=O) groups is 1. The molecule has 0 aromatic rings. The number of carbonyl (C=O) groups excluding carboxylic acids is 1. The molecular formula is C14H24N2O2. The maximum absolute atomic E-state index is 11.7. The van der Waals surface area contributed by atoms with Gasteiger partial charge in [0, 0.05) is 25.1 Å². The van der Waals surface area contributed by atoms with Crippen molar-refractivity contribution in [1.29, 1.82) is 0 Å². The Hall–Kier alpha value is -1.03. The Kier molecular flexibility index (Phi) is 4.64. The van der Waals surface area contributed by atoms with Crippen LogP contribution in [0.25, 0.3) is 0 Å². The van der Waals surface area contributed by atoms with Crippen LogP contribution in [0.5, 0.6) is 0 Å². The van der Waals surface area contributed by atoms with Crippen LogP contribution in [0.2, 0.25) is 0 Å². The van der Waals surface area contributed by atoms with Crippen molar-refractivity contribution in [1.82, 2.24) is 10.6 Å². The van der Waals surface area contributed by atoms with Crippen molar-refractivity contribution in [2.24, 2.45) is 11.8 Å². The van der Waals surface area contributed by atoms with Gasteiger partial charge in [0.2, 0.25) is 0 Å². The molecule has 1 aliphatic carbocycles. The van der Waals surface area contributed by atoms with Gasteiger partial charge in [-0.25, -0.2) is 4.79 Å². The molecule has 4 nitrogen and oxygen atoms in total. The van der Waals surface area contributed by atoms with Crippen molar-refractivity contribution >= 4 is 6.03 Å². The molecule has 18 heavy (non-hydrogen) atoms. The lowest BCUT2D eigenvalue weighted by molar-refractivity contribution is 0.0545. The van der Waals surface area contributed by atoms with Crippen LogP contribution in [0, 0.1) is 11.8 Å². The number of ether oxygens (including phenoxy) is 1. The molecule has 1 saturated heterocycles. The summed E-state index contributed by atoms with van der Waals surface area (Å²) < 4.78 is 5.71. The summed E-state index contributed by atoms with van der Waals surface area (Å²) in [4.78, 5) is 11.7. The fourth-order valence-corrected chi connectivity index (χ4v) is 2.81. The summed E-state index contributed by atoms with van der Waals surface area (Å²) in [5, 5.41) is 5.97. The van der Waals surface area contributed by atoms with Crippen molar-refractivity contribution in [2.75, 3.05) is 13.2 Å². The van der Waals surface area contributed by atoms with Crippen LogP contribution in [0.1, 0.15) is 33.1 Å². The molecule has 0 aromatic carbocycles. The molecule has 0 radical (unpaired) electrons. The molecule has 102 valence electrons. The molecule has 4 heteroatoms. The van der Waals surface area contributed by atoms with E-state index in [1.165, 1.54) is 0 Å². The highest BCUT2D eigenvalue weighted by atomic mass is 16.5. The third-order valence-electron chi connectivity index (χ3n) is 3.79. The number of rotatable bonds is 4. The molecule has 1 fully saturated rings. The number of hydrogen-bond donors (Lipinski definition) is 2. The van der Waals surface area contributed by atoms with Crippen LogP contribution in [0.4, 0.5) is 4.79 Å². The average Bonchev–Trinajstić information content (AvgIpc) is 2.96. The Bertz CT molecular complexity index is 307. The van der Waals surface area contributed by atoms with Crippen LogP contribution in [0.15, 0.2) is 12.2 Å². The van der Waals surface area contributed by atoms with Gasteiger partial charge in [-0.3, -0.25) is 0 Å². The molecule has 0 bridgehead atoms. The number of urea groups is 1. The van der Waals surface area contributed by atoms with Crippen LogP contribution >= 0.6 is 0 Å². The second-order valence-electron chi connectivity index (χ2n) is 5.62. The summed E-state index contributed by atoms with van der Waals surface area (Å²) >= 11 is 0. The SMILES string of the molecule is CC(C)[C@H]1OCC[C@@H]1CNC(=O)NC1CC=CC1. The third kappa shape index (κ3) is 3.48. The molecule has 1 aliphatic heterocycles. The molecule has 2 aliphatic rings. The zero-order chi connectivity index (χ0) is 13.0. The minimum atomic E-state index is -0.0434. The van der Waals surface area contributed by atoms with Crippen molar-refractivity contribution < 1.29 is 9.53 Å². The van der Waals surface area contributed by atoms with Gasteiger partial charge in [0.05, 0.1) is 6.10 Å². The van der Waals surface area contributed by atoms with E-state index in [0.717, 1.165) is 32.4 Å². The Labute approximate surface area is 109 Å². The van der Waals surface area contributed by atoms with Gasteiger partial charge in [-0.15, -0.1) is 0 Å². The van der Waals surface area contributed by atoms with Gasteiger partial charge in [0.15, 0.2) is 0 Å². The molecule has 0 spiro atoms. The van der Waals surface area contributed by atoms with E-state index in [1.807, 2.05) is 0 Å².